The van der Waals surface area contributed by atoms with E-state index in [1.807, 2.05) is 49.4 Å². The fourth-order valence-electron chi connectivity index (χ4n) is 2.24. The predicted octanol–water partition coefficient (Wildman–Crippen LogP) is 3.87. The van der Waals surface area contributed by atoms with Crippen molar-refractivity contribution in [1.29, 1.82) is 0 Å². The summed E-state index contributed by atoms with van der Waals surface area (Å²) in [6, 6.07) is 15.1. The number of amides is 1. The molecule has 0 saturated carbocycles. The summed E-state index contributed by atoms with van der Waals surface area (Å²) in [4.78, 5) is 23.6. The smallest absolute Gasteiger partial charge is 0.307 e. The second kappa shape index (κ2) is 8.10. The number of carboxylic acids is 1. The number of carbonyl (C=O) groups is 2. The van der Waals surface area contributed by atoms with Gasteiger partial charge in [-0.1, -0.05) is 42.0 Å². The van der Waals surface area contributed by atoms with Gasteiger partial charge >= 0.3 is 5.97 Å². The fourth-order valence-corrected chi connectivity index (χ4v) is 2.77. The zero-order valence-corrected chi connectivity index (χ0v) is 14.9. The zero-order chi connectivity index (χ0) is 16.8. The first kappa shape index (κ1) is 17.5. The van der Waals surface area contributed by atoms with Crippen LogP contribution >= 0.6 is 22.6 Å². The standard InChI is InChI=1S/C18H18INO3/c1-12-6-8-13(9-7-12)10-14(18(22)23)11-17(21)20-16-5-3-2-4-15(16)19/h2-9,14H,10-11H2,1H3,(H,20,21)(H,22,23)/t14-/m0/s1. The van der Waals surface area contributed by atoms with E-state index in [4.69, 9.17) is 0 Å². The molecule has 0 heterocycles. The van der Waals surface area contributed by atoms with E-state index in [1.54, 1.807) is 6.07 Å². The lowest BCUT2D eigenvalue weighted by molar-refractivity contribution is -0.143. The molecule has 0 fully saturated rings. The predicted molar refractivity (Wildman–Crippen MR) is 98.4 cm³/mol. The second-order valence-electron chi connectivity index (χ2n) is 5.46. The van der Waals surface area contributed by atoms with E-state index >= 15 is 0 Å². The number of nitrogens with one attached hydrogen (secondary N) is 1. The quantitative estimate of drug-likeness (QED) is 0.694. The highest BCUT2D eigenvalue weighted by Gasteiger charge is 2.22. The molecule has 2 rings (SSSR count). The number of carboxylic acid groups (broad SMARTS) is 1. The normalized spacial score (nSPS) is 11.7. The van der Waals surface area contributed by atoms with Gasteiger partial charge < -0.3 is 10.4 Å². The molecule has 0 aliphatic heterocycles. The van der Waals surface area contributed by atoms with Crippen LogP contribution in [0.3, 0.4) is 0 Å². The molecule has 4 nitrogen and oxygen atoms in total. The van der Waals surface area contributed by atoms with E-state index in [0.29, 0.717) is 12.1 Å². The van der Waals surface area contributed by atoms with Crippen LogP contribution in [0.4, 0.5) is 5.69 Å². The maximum atomic E-state index is 12.1. The molecule has 2 N–H and O–H groups in total. The Labute approximate surface area is 149 Å². The summed E-state index contributed by atoms with van der Waals surface area (Å²) in [5, 5.41) is 12.2. The Morgan fingerprint density at radius 2 is 1.78 bits per heavy atom. The van der Waals surface area contributed by atoms with Gasteiger partial charge in [0.2, 0.25) is 5.91 Å². The van der Waals surface area contributed by atoms with Crippen molar-refractivity contribution in [3.63, 3.8) is 0 Å². The lowest BCUT2D eigenvalue weighted by Crippen LogP contribution is -2.24. The summed E-state index contributed by atoms with van der Waals surface area (Å²) in [6.07, 6.45) is 0.295. The third-order valence-electron chi connectivity index (χ3n) is 3.53. The summed E-state index contributed by atoms with van der Waals surface area (Å²) >= 11 is 2.13. The Morgan fingerprint density at radius 3 is 2.39 bits per heavy atom. The van der Waals surface area contributed by atoms with Crippen molar-refractivity contribution < 1.29 is 14.7 Å². The van der Waals surface area contributed by atoms with Crippen molar-refractivity contribution >= 4 is 40.2 Å². The van der Waals surface area contributed by atoms with E-state index in [2.05, 4.69) is 27.9 Å². The second-order valence-corrected chi connectivity index (χ2v) is 6.62. The van der Waals surface area contributed by atoms with Gasteiger partial charge in [-0.3, -0.25) is 9.59 Å². The maximum absolute atomic E-state index is 12.1. The highest BCUT2D eigenvalue weighted by atomic mass is 127. The highest BCUT2D eigenvalue weighted by Crippen LogP contribution is 2.19. The number of aliphatic carboxylic acids is 1. The molecular weight excluding hydrogens is 405 g/mol. The van der Waals surface area contributed by atoms with Crippen LogP contribution in [0.25, 0.3) is 0 Å². The molecule has 23 heavy (non-hydrogen) atoms. The zero-order valence-electron chi connectivity index (χ0n) is 12.8. The number of hydrogen-bond donors (Lipinski definition) is 2. The number of hydrogen-bond acceptors (Lipinski definition) is 2. The molecule has 0 aliphatic rings. The average molecular weight is 423 g/mol. The first-order valence-electron chi connectivity index (χ1n) is 7.28. The Hall–Kier alpha value is -1.89. The monoisotopic (exact) mass is 423 g/mol. The molecular formula is C18H18INO3. The molecule has 5 heteroatoms. The fraction of sp³-hybridized carbons (Fsp3) is 0.222. The number of para-hydroxylation sites is 1. The number of benzene rings is 2. The highest BCUT2D eigenvalue weighted by molar-refractivity contribution is 14.1. The summed E-state index contributed by atoms with van der Waals surface area (Å²) in [7, 11) is 0. The van der Waals surface area contributed by atoms with Crippen molar-refractivity contribution in [2.75, 3.05) is 5.32 Å². The molecule has 0 saturated heterocycles. The van der Waals surface area contributed by atoms with Crippen LogP contribution in [0.15, 0.2) is 48.5 Å². The molecule has 0 spiro atoms. The van der Waals surface area contributed by atoms with Crippen molar-refractivity contribution in [3.8, 4) is 0 Å². The maximum Gasteiger partial charge on any atom is 0.307 e. The minimum Gasteiger partial charge on any atom is -0.481 e. The van der Waals surface area contributed by atoms with E-state index in [1.165, 1.54) is 0 Å². The van der Waals surface area contributed by atoms with Crippen molar-refractivity contribution in [3.05, 3.63) is 63.2 Å². The van der Waals surface area contributed by atoms with Crippen LogP contribution in [0.5, 0.6) is 0 Å². The van der Waals surface area contributed by atoms with Gasteiger partial charge in [-0.05, 0) is 53.6 Å². The van der Waals surface area contributed by atoms with Crippen LogP contribution < -0.4 is 5.32 Å². The largest absolute Gasteiger partial charge is 0.481 e. The Balaban J connectivity index is 2.01. The average Bonchev–Trinajstić information content (AvgIpc) is 2.51. The minimum atomic E-state index is -0.955. The van der Waals surface area contributed by atoms with E-state index in [-0.39, 0.29) is 12.3 Å². The van der Waals surface area contributed by atoms with Gasteiger partial charge in [0.25, 0.3) is 0 Å². The molecule has 1 atom stereocenters. The van der Waals surface area contributed by atoms with Gasteiger partial charge in [0.1, 0.15) is 0 Å². The molecule has 0 unspecified atom stereocenters. The van der Waals surface area contributed by atoms with Crippen LogP contribution in [0.2, 0.25) is 0 Å². The number of aryl methyl sites for hydroxylation is 1. The number of carbonyl (C=O) groups excluding carboxylic acids is 1. The lowest BCUT2D eigenvalue weighted by atomic mass is 9.95. The Bertz CT molecular complexity index is 698. The number of rotatable bonds is 6. The number of halogens is 1. The molecule has 120 valence electrons. The minimum absolute atomic E-state index is 0.0474. The molecule has 1 amide bonds. The van der Waals surface area contributed by atoms with Gasteiger partial charge in [0, 0.05) is 9.99 Å². The van der Waals surface area contributed by atoms with Crippen LogP contribution in [-0.2, 0) is 16.0 Å². The molecule has 0 aromatic heterocycles. The molecule has 0 bridgehead atoms. The van der Waals surface area contributed by atoms with Gasteiger partial charge in [-0.25, -0.2) is 0 Å². The van der Waals surface area contributed by atoms with E-state index in [9.17, 15) is 14.7 Å². The summed E-state index contributed by atoms with van der Waals surface area (Å²) in [5.41, 5.74) is 2.75. The third kappa shape index (κ3) is 5.35. The number of anilines is 1. The lowest BCUT2D eigenvalue weighted by Gasteiger charge is -2.13. The third-order valence-corrected chi connectivity index (χ3v) is 4.47. The first-order chi connectivity index (χ1) is 11.0. The van der Waals surface area contributed by atoms with Crippen molar-refractivity contribution in [2.45, 2.75) is 19.8 Å². The van der Waals surface area contributed by atoms with Gasteiger partial charge in [0.05, 0.1) is 11.6 Å². The van der Waals surface area contributed by atoms with Crippen LogP contribution in [0, 0.1) is 16.4 Å². The first-order valence-corrected chi connectivity index (χ1v) is 8.36. The summed E-state index contributed by atoms with van der Waals surface area (Å²) in [6.45, 7) is 1.98. The molecule has 0 radical (unpaired) electrons. The molecule has 0 aliphatic carbocycles. The van der Waals surface area contributed by atoms with Crippen molar-refractivity contribution in [1.82, 2.24) is 0 Å². The van der Waals surface area contributed by atoms with Crippen molar-refractivity contribution in [2.24, 2.45) is 5.92 Å². The summed E-state index contributed by atoms with van der Waals surface area (Å²) in [5.74, 6) is -1.98. The van der Waals surface area contributed by atoms with Crippen LogP contribution in [-0.4, -0.2) is 17.0 Å². The van der Waals surface area contributed by atoms with Gasteiger partial charge in [0.15, 0.2) is 0 Å². The van der Waals surface area contributed by atoms with Crippen LogP contribution in [0.1, 0.15) is 17.5 Å². The van der Waals surface area contributed by atoms with Gasteiger partial charge in [-0.2, -0.15) is 0 Å². The SMILES string of the molecule is Cc1ccc(C[C@@H](CC(=O)Nc2ccccc2I)C(=O)O)cc1. The van der Waals surface area contributed by atoms with Gasteiger partial charge in [-0.15, -0.1) is 0 Å². The van der Waals surface area contributed by atoms with E-state index in [0.717, 1.165) is 14.7 Å². The Kier molecular flexibility index (Phi) is 6.15. The summed E-state index contributed by atoms with van der Waals surface area (Å²) < 4.78 is 0.920. The Morgan fingerprint density at radius 1 is 1.13 bits per heavy atom. The topological polar surface area (TPSA) is 66.4 Å². The molecule has 2 aromatic carbocycles. The van der Waals surface area contributed by atoms with E-state index < -0.39 is 11.9 Å². The molecule has 2 aromatic rings.